The molecule has 0 amide bonds. The quantitative estimate of drug-likeness (QED) is 0.629. The third-order valence-corrected chi connectivity index (χ3v) is 6.43. The zero-order valence-corrected chi connectivity index (χ0v) is 19.9. The Labute approximate surface area is 193 Å². The average molecular weight is 469 g/mol. The van der Waals surface area contributed by atoms with Crippen LogP contribution in [0.1, 0.15) is 28.3 Å². The molecule has 1 heterocycles. The van der Waals surface area contributed by atoms with Gasteiger partial charge in [0.05, 0.1) is 5.56 Å². The maximum absolute atomic E-state index is 13.7. The molecule has 0 spiro atoms. The Morgan fingerprint density at radius 2 is 1.75 bits per heavy atom. The highest BCUT2D eigenvalue weighted by Crippen LogP contribution is 2.34. The molecule has 1 aliphatic rings. The van der Waals surface area contributed by atoms with Gasteiger partial charge in [-0.3, -0.25) is 4.90 Å². The number of halogens is 4. The minimum absolute atomic E-state index is 0.0315. The number of aryl methyl sites for hydroxylation is 1. The molecule has 0 aliphatic carbocycles. The largest absolute Gasteiger partial charge is 0.416 e. The van der Waals surface area contributed by atoms with E-state index in [0.29, 0.717) is 25.2 Å². The summed E-state index contributed by atoms with van der Waals surface area (Å²) in [5.41, 5.74) is 2.79. The Balaban J connectivity index is 1.75. The van der Waals surface area contributed by atoms with Crippen molar-refractivity contribution in [3.8, 4) is 0 Å². The SMILES string of the molecule is CNC(CN(C)C)c1ccc(C(F)(F)F)c(CN2CCN(c3ccc(Cl)c(C)c3)CC2)c1. The summed E-state index contributed by atoms with van der Waals surface area (Å²) in [6.07, 6.45) is -4.37. The molecule has 8 heteroatoms. The fraction of sp³-hybridized carbons (Fsp3) is 0.500. The van der Waals surface area contributed by atoms with Crippen LogP contribution in [0.3, 0.4) is 0 Å². The maximum atomic E-state index is 13.7. The van der Waals surface area contributed by atoms with Crippen molar-refractivity contribution in [1.82, 2.24) is 15.1 Å². The van der Waals surface area contributed by atoms with Crippen molar-refractivity contribution in [2.45, 2.75) is 25.7 Å². The van der Waals surface area contributed by atoms with Gasteiger partial charge in [0.25, 0.3) is 0 Å². The number of hydrogen-bond donors (Lipinski definition) is 1. The van der Waals surface area contributed by atoms with Gasteiger partial charge in [-0.1, -0.05) is 23.7 Å². The molecular weight excluding hydrogens is 437 g/mol. The smallest absolute Gasteiger partial charge is 0.369 e. The number of benzene rings is 2. The van der Waals surface area contributed by atoms with E-state index in [1.165, 1.54) is 6.07 Å². The summed E-state index contributed by atoms with van der Waals surface area (Å²) in [5, 5.41) is 3.96. The third kappa shape index (κ3) is 6.16. The van der Waals surface area contributed by atoms with E-state index in [1.54, 1.807) is 12.1 Å². The first-order chi connectivity index (χ1) is 15.1. The van der Waals surface area contributed by atoms with Gasteiger partial charge in [0.15, 0.2) is 0 Å². The molecular formula is C24H32ClF3N4. The van der Waals surface area contributed by atoms with Crippen molar-refractivity contribution in [2.75, 3.05) is 58.8 Å². The van der Waals surface area contributed by atoms with Crippen molar-refractivity contribution in [3.05, 3.63) is 63.7 Å². The van der Waals surface area contributed by atoms with Gasteiger partial charge in [-0.25, -0.2) is 0 Å². The van der Waals surface area contributed by atoms with E-state index in [2.05, 4.69) is 21.2 Å². The van der Waals surface area contributed by atoms with Crippen LogP contribution in [0.25, 0.3) is 0 Å². The molecule has 0 bridgehead atoms. The molecule has 1 saturated heterocycles. The lowest BCUT2D eigenvalue weighted by Crippen LogP contribution is -2.46. The zero-order valence-electron chi connectivity index (χ0n) is 19.1. The summed E-state index contributed by atoms with van der Waals surface area (Å²) >= 11 is 6.13. The van der Waals surface area contributed by atoms with Gasteiger partial charge in [-0.05, 0) is 69.0 Å². The first-order valence-electron chi connectivity index (χ1n) is 10.8. The van der Waals surface area contributed by atoms with E-state index in [0.717, 1.165) is 34.9 Å². The highest BCUT2D eigenvalue weighted by Gasteiger charge is 2.34. The van der Waals surface area contributed by atoms with Crippen LogP contribution in [0.5, 0.6) is 0 Å². The summed E-state index contributed by atoms with van der Waals surface area (Å²) < 4.78 is 41.2. The number of likely N-dealkylation sites (N-methyl/N-ethyl adjacent to an activating group) is 2. The van der Waals surface area contributed by atoms with Crippen molar-refractivity contribution in [3.63, 3.8) is 0 Å². The maximum Gasteiger partial charge on any atom is 0.416 e. The molecule has 2 aromatic rings. The lowest BCUT2D eigenvalue weighted by molar-refractivity contribution is -0.138. The first-order valence-corrected chi connectivity index (χ1v) is 11.2. The molecule has 1 atom stereocenters. The van der Waals surface area contributed by atoms with Gasteiger partial charge >= 0.3 is 6.18 Å². The van der Waals surface area contributed by atoms with Crippen molar-refractivity contribution < 1.29 is 13.2 Å². The molecule has 176 valence electrons. The van der Waals surface area contributed by atoms with Gasteiger partial charge in [-0.2, -0.15) is 13.2 Å². The van der Waals surface area contributed by atoms with Crippen LogP contribution >= 0.6 is 11.6 Å². The molecule has 0 radical (unpaired) electrons. The van der Waals surface area contributed by atoms with Crippen LogP contribution < -0.4 is 10.2 Å². The highest BCUT2D eigenvalue weighted by molar-refractivity contribution is 6.31. The second-order valence-corrected chi connectivity index (χ2v) is 9.12. The van der Waals surface area contributed by atoms with Crippen LogP contribution in [0.15, 0.2) is 36.4 Å². The lowest BCUT2D eigenvalue weighted by Gasteiger charge is -2.36. The summed E-state index contributed by atoms with van der Waals surface area (Å²) in [6.45, 7) is 5.91. The molecule has 1 fully saturated rings. The van der Waals surface area contributed by atoms with Gasteiger partial charge in [-0.15, -0.1) is 0 Å². The topological polar surface area (TPSA) is 21.8 Å². The fourth-order valence-electron chi connectivity index (χ4n) is 4.20. The minimum Gasteiger partial charge on any atom is -0.369 e. The predicted molar refractivity (Wildman–Crippen MR) is 125 cm³/mol. The second-order valence-electron chi connectivity index (χ2n) is 8.71. The van der Waals surface area contributed by atoms with E-state index in [9.17, 15) is 13.2 Å². The number of anilines is 1. The Bertz CT molecular complexity index is 909. The van der Waals surface area contributed by atoms with Gasteiger partial charge in [0.2, 0.25) is 0 Å². The predicted octanol–water partition coefficient (Wildman–Crippen LogP) is 4.81. The fourth-order valence-corrected chi connectivity index (χ4v) is 4.31. The molecule has 0 saturated carbocycles. The monoisotopic (exact) mass is 468 g/mol. The number of hydrogen-bond acceptors (Lipinski definition) is 4. The Kier molecular flexibility index (Phi) is 8.09. The van der Waals surface area contributed by atoms with Crippen LogP contribution in [0.2, 0.25) is 5.02 Å². The number of rotatable bonds is 7. The van der Waals surface area contributed by atoms with E-state index in [4.69, 9.17) is 11.6 Å². The zero-order chi connectivity index (χ0) is 23.5. The Morgan fingerprint density at radius 3 is 2.31 bits per heavy atom. The minimum atomic E-state index is -4.37. The van der Waals surface area contributed by atoms with Crippen LogP contribution in [-0.2, 0) is 12.7 Å². The van der Waals surface area contributed by atoms with Gasteiger partial charge in [0, 0.05) is 56.0 Å². The molecule has 1 aliphatic heterocycles. The van der Waals surface area contributed by atoms with Crippen LogP contribution in [-0.4, -0.2) is 63.7 Å². The number of piperazine rings is 1. The molecule has 4 nitrogen and oxygen atoms in total. The second kappa shape index (κ2) is 10.4. The molecule has 1 N–H and O–H groups in total. The Morgan fingerprint density at radius 1 is 1.06 bits per heavy atom. The number of nitrogens with zero attached hydrogens (tertiary/aromatic N) is 3. The number of nitrogens with one attached hydrogen (secondary N) is 1. The summed E-state index contributed by atoms with van der Waals surface area (Å²) in [4.78, 5) is 6.39. The molecule has 0 aromatic heterocycles. The van der Waals surface area contributed by atoms with Gasteiger partial charge < -0.3 is 15.1 Å². The normalized spacial score (nSPS) is 16.6. The van der Waals surface area contributed by atoms with Crippen molar-refractivity contribution in [2.24, 2.45) is 0 Å². The molecule has 1 unspecified atom stereocenters. The molecule has 2 aromatic carbocycles. The molecule has 3 rings (SSSR count). The lowest BCUT2D eigenvalue weighted by atomic mass is 9.98. The van der Waals surface area contributed by atoms with E-state index < -0.39 is 11.7 Å². The molecule has 32 heavy (non-hydrogen) atoms. The summed E-state index contributed by atoms with van der Waals surface area (Å²) in [7, 11) is 5.75. The van der Waals surface area contributed by atoms with Crippen molar-refractivity contribution in [1.29, 1.82) is 0 Å². The van der Waals surface area contributed by atoms with E-state index in [-0.39, 0.29) is 12.6 Å². The third-order valence-electron chi connectivity index (χ3n) is 6.01. The van der Waals surface area contributed by atoms with E-state index >= 15 is 0 Å². The average Bonchev–Trinajstić information content (AvgIpc) is 2.73. The number of alkyl halides is 3. The van der Waals surface area contributed by atoms with Crippen LogP contribution in [0, 0.1) is 6.92 Å². The summed E-state index contributed by atoms with van der Waals surface area (Å²) in [6, 6.07) is 10.5. The standard InChI is InChI=1S/C24H32ClF3N4/c1-17-13-20(6-8-22(17)25)32-11-9-31(10-12-32)15-19-14-18(23(29-2)16-30(3)4)5-7-21(19)24(26,27)28/h5-8,13-14,23,29H,9-12,15-16H2,1-4H3. The first kappa shape index (κ1) is 24.8. The van der Waals surface area contributed by atoms with E-state index in [1.807, 2.05) is 45.1 Å². The van der Waals surface area contributed by atoms with Crippen LogP contribution in [0.4, 0.5) is 18.9 Å². The highest BCUT2D eigenvalue weighted by atomic mass is 35.5. The summed E-state index contributed by atoms with van der Waals surface area (Å²) in [5.74, 6) is 0. The Hall–Kier alpha value is -1.80. The van der Waals surface area contributed by atoms with Gasteiger partial charge in [0.1, 0.15) is 0 Å². The van der Waals surface area contributed by atoms with Crippen molar-refractivity contribution >= 4 is 17.3 Å².